The van der Waals surface area contributed by atoms with Crippen molar-refractivity contribution >= 4 is 102 Å². The molecule has 3 amide bonds. The van der Waals surface area contributed by atoms with Gasteiger partial charge in [-0.3, -0.25) is 19.3 Å². The molecule has 39 heavy (non-hydrogen) atoms. The van der Waals surface area contributed by atoms with Crippen LogP contribution in [0.3, 0.4) is 0 Å². The van der Waals surface area contributed by atoms with E-state index < -0.39 is 17.1 Å². The highest BCUT2D eigenvalue weighted by atomic mass is 127. The summed E-state index contributed by atoms with van der Waals surface area (Å²) in [6.45, 7) is 2.01. The lowest BCUT2D eigenvalue weighted by Crippen LogP contribution is -2.36. The molecule has 1 aliphatic rings. The minimum absolute atomic E-state index is 0.178. The molecule has 0 aromatic heterocycles. The fraction of sp³-hybridized carbons (Fsp3) is 0.148. The number of hydrogen-bond acceptors (Lipinski definition) is 6. The van der Waals surface area contributed by atoms with Gasteiger partial charge < -0.3 is 14.8 Å². The summed E-state index contributed by atoms with van der Waals surface area (Å²) < 4.78 is 13.4. The number of nitrogens with zero attached hydrogens (tertiary/aromatic N) is 1. The Bertz CT molecular complexity index is 1470. The summed E-state index contributed by atoms with van der Waals surface area (Å²) in [6, 6.07) is 15.8. The zero-order valence-electron chi connectivity index (χ0n) is 20.3. The van der Waals surface area contributed by atoms with E-state index in [2.05, 4.69) is 43.8 Å². The lowest BCUT2D eigenvalue weighted by atomic mass is 10.1. The molecule has 0 bridgehead atoms. The fourth-order valence-electron chi connectivity index (χ4n) is 3.53. The van der Waals surface area contributed by atoms with E-state index in [4.69, 9.17) is 32.7 Å². The van der Waals surface area contributed by atoms with Crippen molar-refractivity contribution in [2.24, 2.45) is 0 Å². The maximum atomic E-state index is 13.0. The Kier molecular flexibility index (Phi) is 10.2. The summed E-state index contributed by atoms with van der Waals surface area (Å²) in [6.07, 6.45) is 1.58. The summed E-state index contributed by atoms with van der Waals surface area (Å²) in [5, 5.41) is 3.19. The third kappa shape index (κ3) is 7.69. The van der Waals surface area contributed by atoms with Crippen LogP contribution in [-0.4, -0.2) is 35.1 Å². The third-order valence-corrected chi connectivity index (χ3v) is 8.12. The first-order chi connectivity index (χ1) is 18.6. The first-order valence-electron chi connectivity index (χ1n) is 11.5. The molecule has 12 heteroatoms. The summed E-state index contributed by atoms with van der Waals surface area (Å²) in [5.74, 6) is -0.113. The minimum Gasteiger partial charge on any atom is -0.490 e. The van der Waals surface area contributed by atoms with Crippen molar-refractivity contribution in [3.05, 3.63) is 88.7 Å². The molecule has 3 aromatic rings. The van der Waals surface area contributed by atoms with Gasteiger partial charge in [0.25, 0.3) is 11.1 Å². The Labute approximate surface area is 261 Å². The highest BCUT2D eigenvalue weighted by Gasteiger charge is 2.36. The van der Waals surface area contributed by atoms with Crippen LogP contribution < -0.4 is 14.8 Å². The molecule has 1 fully saturated rings. The minimum atomic E-state index is -0.547. The average molecular weight is 762 g/mol. The van der Waals surface area contributed by atoms with Crippen LogP contribution >= 0.6 is 73.5 Å². The molecule has 1 saturated heterocycles. The predicted molar refractivity (Wildman–Crippen MR) is 167 cm³/mol. The number of anilines is 1. The summed E-state index contributed by atoms with van der Waals surface area (Å²) >= 11 is 18.7. The number of nitrogens with one attached hydrogen (secondary N) is 1. The van der Waals surface area contributed by atoms with Crippen molar-refractivity contribution in [1.29, 1.82) is 0 Å². The number of rotatable bonds is 9. The molecule has 0 radical (unpaired) electrons. The third-order valence-electron chi connectivity index (χ3n) is 5.32. The van der Waals surface area contributed by atoms with E-state index in [0.717, 1.165) is 25.8 Å². The lowest BCUT2D eigenvalue weighted by Gasteiger charge is -2.15. The van der Waals surface area contributed by atoms with Crippen LogP contribution in [0.15, 0.2) is 64.0 Å². The molecule has 1 heterocycles. The normalized spacial score (nSPS) is 14.2. The second-order valence-corrected chi connectivity index (χ2v) is 12.0. The zero-order valence-corrected chi connectivity index (χ0v) is 26.4. The first-order valence-corrected chi connectivity index (χ1v) is 14.9. The standard InChI is InChI=1S/C27H20BrCl2IN2O5S/c1-2-37-22-10-15(9-20(28)25(22)38-14-16-3-4-17(29)12-21(16)30)11-23-26(35)33(27(36)39-23)13-24(34)32-19-7-5-18(31)6-8-19/h3-12H,2,13-14H2,1H3,(H,32,34)/b23-11-. The van der Waals surface area contributed by atoms with Gasteiger partial charge in [0, 0.05) is 24.9 Å². The van der Waals surface area contributed by atoms with Crippen LogP contribution in [0.25, 0.3) is 6.08 Å². The van der Waals surface area contributed by atoms with Crippen LogP contribution in [0.5, 0.6) is 11.5 Å². The molecular formula is C27H20BrCl2IN2O5S. The maximum Gasteiger partial charge on any atom is 0.294 e. The zero-order chi connectivity index (χ0) is 28.1. The number of amides is 3. The van der Waals surface area contributed by atoms with Crippen LogP contribution in [0.1, 0.15) is 18.1 Å². The van der Waals surface area contributed by atoms with Crippen molar-refractivity contribution in [2.75, 3.05) is 18.5 Å². The van der Waals surface area contributed by atoms with Crippen molar-refractivity contribution in [3.63, 3.8) is 0 Å². The van der Waals surface area contributed by atoms with Gasteiger partial charge in [-0.05, 0) is 117 Å². The van der Waals surface area contributed by atoms with E-state index >= 15 is 0 Å². The van der Waals surface area contributed by atoms with Gasteiger partial charge in [-0.15, -0.1) is 0 Å². The monoisotopic (exact) mass is 760 g/mol. The highest BCUT2D eigenvalue weighted by molar-refractivity contribution is 14.1. The molecule has 3 aromatic carbocycles. The second kappa shape index (κ2) is 13.4. The molecule has 0 unspecified atom stereocenters. The molecule has 4 rings (SSSR count). The molecule has 202 valence electrons. The lowest BCUT2D eigenvalue weighted by molar-refractivity contribution is -0.127. The fourth-order valence-corrected chi connectivity index (χ4v) is 5.76. The number of benzene rings is 3. The van der Waals surface area contributed by atoms with Gasteiger partial charge in [0.1, 0.15) is 13.2 Å². The van der Waals surface area contributed by atoms with Gasteiger partial charge >= 0.3 is 0 Å². The number of ether oxygens (including phenoxy) is 2. The highest BCUT2D eigenvalue weighted by Crippen LogP contribution is 2.40. The van der Waals surface area contributed by atoms with E-state index in [9.17, 15) is 14.4 Å². The smallest absolute Gasteiger partial charge is 0.294 e. The number of carbonyl (C=O) groups is 3. The predicted octanol–water partition coefficient (Wildman–Crippen LogP) is 8.01. The van der Waals surface area contributed by atoms with Gasteiger partial charge in [0.2, 0.25) is 5.91 Å². The SMILES string of the molecule is CCOc1cc(/C=C2\SC(=O)N(CC(=O)Nc3ccc(I)cc3)C2=O)cc(Br)c1OCc1ccc(Cl)cc1Cl. The largest absolute Gasteiger partial charge is 0.490 e. The van der Waals surface area contributed by atoms with Gasteiger partial charge in [0.05, 0.1) is 16.0 Å². The molecular weight excluding hydrogens is 742 g/mol. The van der Waals surface area contributed by atoms with Crippen molar-refractivity contribution in [2.45, 2.75) is 13.5 Å². The summed E-state index contributed by atoms with van der Waals surface area (Å²) in [4.78, 5) is 39.1. The number of hydrogen-bond donors (Lipinski definition) is 1. The number of imide groups is 1. The first kappa shape index (κ1) is 29.7. The van der Waals surface area contributed by atoms with E-state index in [1.807, 2.05) is 19.1 Å². The van der Waals surface area contributed by atoms with Crippen LogP contribution in [0, 0.1) is 3.57 Å². The van der Waals surface area contributed by atoms with E-state index in [-0.39, 0.29) is 18.1 Å². The van der Waals surface area contributed by atoms with Crippen LogP contribution in [0.2, 0.25) is 10.0 Å². The number of carbonyl (C=O) groups excluding carboxylic acids is 3. The Hall–Kier alpha value is -2.25. The topological polar surface area (TPSA) is 84.9 Å². The Morgan fingerprint density at radius 3 is 2.54 bits per heavy atom. The van der Waals surface area contributed by atoms with E-state index in [0.29, 0.717) is 43.9 Å². The van der Waals surface area contributed by atoms with Crippen molar-refractivity contribution in [1.82, 2.24) is 4.90 Å². The number of halogens is 4. The summed E-state index contributed by atoms with van der Waals surface area (Å²) in [7, 11) is 0. The molecule has 0 aliphatic carbocycles. The molecule has 0 atom stereocenters. The molecule has 1 aliphatic heterocycles. The van der Waals surface area contributed by atoms with Gasteiger partial charge in [-0.25, -0.2) is 0 Å². The molecule has 0 saturated carbocycles. The molecule has 0 spiro atoms. The van der Waals surface area contributed by atoms with Crippen LogP contribution in [0.4, 0.5) is 10.5 Å². The Morgan fingerprint density at radius 2 is 1.85 bits per heavy atom. The molecule has 7 nitrogen and oxygen atoms in total. The van der Waals surface area contributed by atoms with E-state index in [1.54, 1.807) is 48.5 Å². The second-order valence-electron chi connectivity index (χ2n) is 8.11. The van der Waals surface area contributed by atoms with Gasteiger partial charge in [0.15, 0.2) is 11.5 Å². The van der Waals surface area contributed by atoms with Crippen LogP contribution in [-0.2, 0) is 16.2 Å². The quantitative estimate of drug-likeness (QED) is 0.176. The molecule has 1 N–H and O–H groups in total. The summed E-state index contributed by atoms with van der Waals surface area (Å²) in [5.41, 5.74) is 1.94. The van der Waals surface area contributed by atoms with Gasteiger partial charge in [-0.1, -0.05) is 29.3 Å². The Balaban J connectivity index is 1.49. The Morgan fingerprint density at radius 1 is 1.10 bits per heavy atom. The number of thioether (sulfide) groups is 1. The maximum absolute atomic E-state index is 13.0. The average Bonchev–Trinajstić information content (AvgIpc) is 3.13. The van der Waals surface area contributed by atoms with Crippen molar-refractivity contribution in [3.8, 4) is 11.5 Å². The van der Waals surface area contributed by atoms with Crippen molar-refractivity contribution < 1.29 is 23.9 Å². The van der Waals surface area contributed by atoms with E-state index in [1.165, 1.54) is 0 Å². The van der Waals surface area contributed by atoms with Gasteiger partial charge in [-0.2, -0.15) is 0 Å².